The summed E-state index contributed by atoms with van der Waals surface area (Å²) < 4.78 is 11.9. The molecule has 2 aromatic carbocycles. The van der Waals surface area contributed by atoms with Crippen molar-refractivity contribution in [2.45, 2.75) is 19.8 Å². The molecule has 0 aromatic heterocycles. The highest BCUT2D eigenvalue weighted by molar-refractivity contribution is 5.82. The first kappa shape index (κ1) is 20.0. The van der Waals surface area contributed by atoms with Crippen LogP contribution in [0.25, 0.3) is 0 Å². The fourth-order valence-electron chi connectivity index (χ4n) is 2.92. The van der Waals surface area contributed by atoms with Crippen LogP contribution in [0.3, 0.4) is 0 Å². The van der Waals surface area contributed by atoms with E-state index in [0.29, 0.717) is 6.61 Å². The van der Waals surface area contributed by atoms with E-state index < -0.39 is 5.92 Å². The van der Waals surface area contributed by atoms with Gasteiger partial charge in [0.15, 0.2) is 0 Å². The Morgan fingerprint density at radius 2 is 1.65 bits per heavy atom. The Hall–Kier alpha value is -2.33. The number of hydrogen-bond donors (Lipinski definition) is 0. The molecule has 1 unspecified atom stereocenters. The predicted octanol–water partition coefficient (Wildman–Crippen LogP) is 3.86. The summed E-state index contributed by atoms with van der Waals surface area (Å²) in [6.45, 7) is 7.60. The fourth-order valence-corrected chi connectivity index (χ4v) is 2.92. The monoisotopic (exact) mass is 356 g/mol. The molecule has 2 aromatic rings. The normalized spacial score (nSPS) is 12.5. The molecule has 4 nitrogen and oxygen atoms in total. The van der Waals surface area contributed by atoms with E-state index in [4.69, 9.17) is 9.47 Å². The molecule has 0 aliphatic rings. The van der Waals surface area contributed by atoms with Crippen molar-refractivity contribution in [1.82, 2.24) is 0 Å². The minimum atomic E-state index is -0.451. The molecule has 0 aliphatic heterocycles. The molecule has 0 amide bonds. The molecule has 0 saturated carbocycles. The second kappa shape index (κ2) is 9.39. The molecule has 0 heterocycles. The maximum atomic E-state index is 12.9. The van der Waals surface area contributed by atoms with Crippen LogP contribution in [0.15, 0.2) is 54.6 Å². The quantitative estimate of drug-likeness (QED) is 0.506. The van der Waals surface area contributed by atoms with Crippen LogP contribution in [-0.4, -0.2) is 50.9 Å². The standard InChI is InChI=1S/C22H30NO3/c1-5-23(3,6-2)15-16-26-22(24)21(18-11-8-7-9-12-18)19-13-10-14-20(17-19)25-4/h7-14,17,21H,5-6,15-16H2,1-4H3/q+1. The second-order valence-electron chi connectivity index (χ2n) is 6.76. The number of esters is 1. The number of quaternary nitrogens is 1. The van der Waals surface area contributed by atoms with Gasteiger partial charge < -0.3 is 14.0 Å². The summed E-state index contributed by atoms with van der Waals surface area (Å²) in [6, 6.07) is 17.4. The van der Waals surface area contributed by atoms with Gasteiger partial charge in [-0.25, -0.2) is 0 Å². The highest BCUT2D eigenvalue weighted by Crippen LogP contribution is 2.28. The lowest BCUT2D eigenvalue weighted by Crippen LogP contribution is -2.46. The number of likely N-dealkylation sites (N-methyl/N-ethyl adjacent to an activating group) is 1. The van der Waals surface area contributed by atoms with Gasteiger partial charge in [-0.2, -0.15) is 0 Å². The van der Waals surface area contributed by atoms with Crippen molar-refractivity contribution in [2.24, 2.45) is 0 Å². The van der Waals surface area contributed by atoms with Crippen molar-refractivity contribution in [1.29, 1.82) is 0 Å². The maximum Gasteiger partial charge on any atom is 0.318 e. The third kappa shape index (κ3) is 5.09. The highest BCUT2D eigenvalue weighted by Gasteiger charge is 2.26. The summed E-state index contributed by atoms with van der Waals surface area (Å²) in [6.07, 6.45) is 0. The van der Waals surface area contributed by atoms with Crippen molar-refractivity contribution < 1.29 is 18.8 Å². The fraction of sp³-hybridized carbons (Fsp3) is 0.409. The maximum absolute atomic E-state index is 12.9. The smallest absolute Gasteiger partial charge is 0.318 e. The van der Waals surface area contributed by atoms with Gasteiger partial charge in [0.2, 0.25) is 0 Å². The average Bonchev–Trinajstić information content (AvgIpc) is 2.69. The number of hydrogen-bond acceptors (Lipinski definition) is 3. The first-order valence-electron chi connectivity index (χ1n) is 9.22. The summed E-state index contributed by atoms with van der Waals surface area (Å²) in [5.41, 5.74) is 1.80. The zero-order valence-corrected chi connectivity index (χ0v) is 16.3. The molecule has 2 rings (SSSR count). The van der Waals surface area contributed by atoms with E-state index >= 15 is 0 Å². The van der Waals surface area contributed by atoms with E-state index in [1.807, 2.05) is 54.6 Å². The molecule has 1 atom stereocenters. The van der Waals surface area contributed by atoms with Gasteiger partial charge in [0, 0.05) is 0 Å². The first-order valence-corrected chi connectivity index (χ1v) is 9.22. The van der Waals surface area contributed by atoms with Crippen LogP contribution in [0.1, 0.15) is 30.9 Å². The Morgan fingerprint density at radius 3 is 2.27 bits per heavy atom. The molecule has 4 heteroatoms. The van der Waals surface area contributed by atoms with Crippen molar-refractivity contribution >= 4 is 5.97 Å². The first-order chi connectivity index (χ1) is 12.5. The minimum Gasteiger partial charge on any atom is -0.497 e. The summed E-state index contributed by atoms with van der Waals surface area (Å²) >= 11 is 0. The Labute approximate surface area is 156 Å². The van der Waals surface area contributed by atoms with Gasteiger partial charge in [-0.15, -0.1) is 0 Å². The lowest BCUT2D eigenvalue weighted by Gasteiger charge is -2.32. The van der Waals surface area contributed by atoms with Crippen molar-refractivity contribution in [3.63, 3.8) is 0 Å². The summed E-state index contributed by atoms with van der Waals surface area (Å²) in [7, 11) is 3.81. The van der Waals surface area contributed by atoms with Crippen LogP contribution in [0.5, 0.6) is 5.75 Å². The van der Waals surface area contributed by atoms with Crippen LogP contribution in [-0.2, 0) is 9.53 Å². The largest absolute Gasteiger partial charge is 0.497 e. The molecule has 0 saturated heterocycles. The number of benzene rings is 2. The zero-order valence-electron chi connectivity index (χ0n) is 16.3. The van der Waals surface area contributed by atoms with E-state index in [2.05, 4.69) is 20.9 Å². The van der Waals surface area contributed by atoms with Crippen LogP contribution in [0.2, 0.25) is 0 Å². The molecule has 0 spiro atoms. The van der Waals surface area contributed by atoms with Gasteiger partial charge in [-0.3, -0.25) is 4.79 Å². The summed E-state index contributed by atoms with van der Waals surface area (Å²) in [5, 5.41) is 0. The third-order valence-corrected chi connectivity index (χ3v) is 5.20. The zero-order chi connectivity index (χ0) is 19.0. The molecule has 140 valence electrons. The Morgan fingerprint density at radius 1 is 1.00 bits per heavy atom. The molecular weight excluding hydrogens is 326 g/mol. The average molecular weight is 356 g/mol. The van der Waals surface area contributed by atoms with Crippen LogP contribution < -0.4 is 4.74 Å². The highest BCUT2D eigenvalue weighted by atomic mass is 16.5. The van der Waals surface area contributed by atoms with E-state index in [1.165, 1.54) is 0 Å². The van der Waals surface area contributed by atoms with Gasteiger partial charge >= 0.3 is 5.97 Å². The lowest BCUT2D eigenvalue weighted by molar-refractivity contribution is -0.906. The molecule has 0 bridgehead atoms. The van der Waals surface area contributed by atoms with Gasteiger partial charge in [0.05, 0.1) is 27.2 Å². The number of rotatable bonds is 9. The van der Waals surface area contributed by atoms with Crippen molar-refractivity contribution in [3.8, 4) is 5.75 Å². The van der Waals surface area contributed by atoms with Gasteiger partial charge in [0.25, 0.3) is 0 Å². The van der Waals surface area contributed by atoms with E-state index in [0.717, 1.165) is 41.0 Å². The summed E-state index contributed by atoms with van der Waals surface area (Å²) in [5.74, 6) is 0.0638. The molecule has 0 fully saturated rings. The lowest BCUT2D eigenvalue weighted by atomic mass is 9.91. The van der Waals surface area contributed by atoms with Gasteiger partial charge in [-0.1, -0.05) is 42.5 Å². The number of methoxy groups -OCH3 is 1. The topological polar surface area (TPSA) is 35.5 Å². The predicted molar refractivity (Wildman–Crippen MR) is 104 cm³/mol. The van der Waals surface area contributed by atoms with Crippen molar-refractivity contribution in [3.05, 3.63) is 65.7 Å². The Bertz CT molecular complexity index is 696. The Balaban J connectivity index is 2.20. The van der Waals surface area contributed by atoms with Crippen LogP contribution in [0.4, 0.5) is 0 Å². The molecule has 0 N–H and O–H groups in total. The SMILES string of the molecule is CC[N+](C)(CC)CCOC(=O)C(c1ccccc1)c1cccc(OC)c1. The van der Waals surface area contributed by atoms with E-state index in [1.54, 1.807) is 7.11 Å². The summed E-state index contributed by atoms with van der Waals surface area (Å²) in [4.78, 5) is 12.9. The second-order valence-corrected chi connectivity index (χ2v) is 6.76. The van der Waals surface area contributed by atoms with E-state index in [9.17, 15) is 4.79 Å². The molecular formula is C22H30NO3+. The molecule has 26 heavy (non-hydrogen) atoms. The molecule has 0 radical (unpaired) electrons. The van der Waals surface area contributed by atoms with Crippen LogP contribution in [0, 0.1) is 0 Å². The van der Waals surface area contributed by atoms with Gasteiger partial charge in [0.1, 0.15) is 24.8 Å². The minimum absolute atomic E-state index is 0.219. The molecule has 0 aliphatic carbocycles. The Kier molecular flexibility index (Phi) is 7.22. The third-order valence-electron chi connectivity index (χ3n) is 5.20. The number of carbonyl (C=O) groups excluding carboxylic acids is 1. The number of carbonyl (C=O) groups is 1. The van der Waals surface area contributed by atoms with Gasteiger partial charge in [-0.05, 0) is 37.1 Å². The van der Waals surface area contributed by atoms with Crippen LogP contribution >= 0.6 is 0 Å². The van der Waals surface area contributed by atoms with E-state index in [-0.39, 0.29) is 5.97 Å². The number of nitrogens with zero attached hydrogens (tertiary/aromatic N) is 1. The number of ether oxygens (including phenoxy) is 2. The van der Waals surface area contributed by atoms with Crippen molar-refractivity contribution in [2.75, 3.05) is 40.4 Å².